The Bertz CT molecular complexity index is 356. The third-order valence-electron chi connectivity index (χ3n) is 3.63. The number of rotatable bonds is 15. The summed E-state index contributed by atoms with van der Waals surface area (Å²) < 4.78 is 0. The van der Waals surface area contributed by atoms with Crippen molar-refractivity contribution in [2.45, 2.75) is 83.7 Å². The first kappa shape index (κ1) is 21.6. The van der Waals surface area contributed by atoms with Crippen LogP contribution in [0.15, 0.2) is 36.5 Å². The molecular weight excluding hydrogens is 288 g/mol. The lowest BCUT2D eigenvalue weighted by atomic mass is 10.1. The molecule has 0 radical (unpaired) electrons. The van der Waals surface area contributed by atoms with Crippen LogP contribution in [0.2, 0.25) is 0 Å². The summed E-state index contributed by atoms with van der Waals surface area (Å²) in [5.41, 5.74) is 0. The number of allylic oxidation sites excluding steroid dienone is 5. The molecule has 0 fully saturated rings. The smallest absolute Gasteiger partial charge is 0.303 e. The minimum absolute atomic E-state index is 0.293. The van der Waals surface area contributed by atoms with Crippen LogP contribution in [-0.2, 0) is 4.79 Å². The van der Waals surface area contributed by atoms with Crippen LogP contribution in [0.3, 0.4) is 0 Å². The number of aliphatic carboxylic acids is 1. The number of carboxylic acids is 1. The summed E-state index contributed by atoms with van der Waals surface area (Å²) in [6.07, 6.45) is 22.5. The van der Waals surface area contributed by atoms with Crippen LogP contribution in [-0.4, -0.2) is 22.3 Å². The molecule has 3 nitrogen and oxygen atoms in total. The second-order valence-electron chi connectivity index (χ2n) is 5.93. The van der Waals surface area contributed by atoms with Gasteiger partial charge in [0.2, 0.25) is 0 Å². The van der Waals surface area contributed by atoms with Gasteiger partial charge < -0.3 is 10.2 Å². The first-order chi connectivity index (χ1) is 11.2. The molecular formula is C20H34O3. The first-order valence-electron chi connectivity index (χ1n) is 9.05. The number of unbranched alkanes of at least 4 members (excludes halogenated alkanes) is 6. The van der Waals surface area contributed by atoms with E-state index in [2.05, 4.69) is 25.2 Å². The van der Waals surface area contributed by atoms with Gasteiger partial charge in [0, 0.05) is 6.42 Å². The molecule has 0 aliphatic carbocycles. The lowest BCUT2D eigenvalue weighted by molar-refractivity contribution is -0.137. The van der Waals surface area contributed by atoms with Gasteiger partial charge in [0.05, 0.1) is 6.10 Å². The van der Waals surface area contributed by atoms with E-state index in [1.807, 2.05) is 18.2 Å². The monoisotopic (exact) mass is 322 g/mol. The Kier molecular flexibility index (Phi) is 16.0. The van der Waals surface area contributed by atoms with Crippen molar-refractivity contribution in [3.8, 4) is 0 Å². The van der Waals surface area contributed by atoms with E-state index in [4.69, 9.17) is 5.11 Å². The summed E-state index contributed by atoms with van der Waals surface area (Å²) >= 11 is 0. The number of aliphatic hydroxyl groups excluding tert-OH is 1. The van der Waals surface area contributed by atoms with E-state index in [0.29, 0.717) is 6.42 Å². The predicted molar refractivity (Wildman–Crippen MR) is 97.5 cm³/mol. The van der Waals surface area contributed by atoms with Crippen molar-refractivity contribution >= 4 is 5.97 Å². The van der Waals surface area contributed by atoms with Gasteiger partial charge in [0.15, 0.2) is 0 Å². The Morgan fingerprint density at radius 2 is 1.74 bits per heavy atom. The first-order valence-corrected chi connectivity index (χ1v) is 9.05. The highest BCUT2D eigenvalue weighted by Crippen LogP contribution is 2.06. The van der Waals surface area contributed by atoms with Gasteiger partial charge in [0.1, 0.15) is 0 Å². The van der Waals surface area contributed by atoms with Gasteiger partial charge in [-0.15, -0.1) is 0 Å². The fraction of sp³-hybridized carbons (Fsp3) is 0.650. The van der Waals surface area contributed by atoms with Crippen LogP contribution in [0.25, 0.3) is 0 Å². The maximum absolute atomic E-state index is 10.3. The van der Waals surface area contributed by atoms with Crippen molar-refractivity contribution in [1.82, 2.24) is 0 Å². The third-order valence-corrected chi connectivity index (χ3v) is 3.63. The van der Waals surface area contributed by atoms with Crippen LogP contribution in [0, 0.1) is 0 Å². The molecule has 23 heavy (non-hydrogen) atoms. The average Bonchev–Trinajstić information content (AvgIpc) is 2.51. The van der Waals surface area contributed by atoms with Crippen molar-refractivity contribution in [2.24, 2.45) is 0 Å². The van der Waals surface area contributed by atoms with E-state index in [0.717, 1.165) is 51.4 Å². The normalized spacial score (nSPS) is 13.5. The number of aliphatic hydroxyl groups is 1. The number of carbonyl (C=O) groups is 1. The van der Waals surface area contributed by atoms with Crippen LogP contribution in [0.5, 0.6) is 0 Å². The van der Waals surface area contributed by atoms with Crippen molar-refractivity contribution in [3.63, 3.8) is 0 Å². The highest BCUT2D eigenvalue weighted by atomic mass is 16.4. The molecule has 0 amide bonds. The number of carboxylic acid groups (broad SMARTS) is 1. The topological polar surface area (TPSA) is 57.5 Å². The second-order valence-corrected chi connectivity index (χ2v) is 5.93. The Morgan fingerprint density at radius 3 is 2.48 bits per heavy atom. The predicted octanol–water partition coefficient (Wildman–Crippen LogP) is 5.41. The Hall–Kier alpha value is -1.35. The zero-order valence-corrected chi connectivity index (χ0v) is 14.6. The summed E-state index contributed by atoms with van der Waals surface area (Å²) in [5.74, 6) is -0.695. The van der Waals surface area contributed by atoms with Crippen LogP contribution < -0.4 is 0 Å². The van der Waals surface area contributed by atoms with E-state index in [1.54, 1.807) is 0 Å². The Labute approximate surface area is 141 Å². The molecule has 3 heteroatoms. The minimum Gasteiger partial charge on any atom is -0.481 e. The quantitative estimate of drug-likeness (QED) is 0.241. The molecule has 132 valence electrons. The van der Waals surface area contributed by atoms with Crippen LogP contribution in [0.4, 0.5) is 0 Å². The molecule has 1 unspecified atom stereocenters. The summed E-state index contributed by atoms with van der Waals surface area (Å²) in [6, 6.07) is 0. The van der Waals surface area contributed by atoms with E-state index in [9.17, 15) is 9.90 Å². The minimum atomic E-state index is -0.695. The molecule has 0 saturated carbocycles. The van der Waals surface area contributed by atoms with E-state index >= 15 is 0 Å². The summed E-state index contributed by atoms with van der Waals surface area (Å²) in [4.78, 5) is 10.3. The largest absolute Gasteiger partial charge is 0.481 e. The molecule has 0 aliphatic heterocycles. The van der Waals surface area contributed by atoms with Gasteiger partial charge in [-0.25, -0.2) is 0 Å². The van der Waals surface area contributed by atoms with Gasteiger partial charge in [-0.05, 0) is 32.1 Å². The molecule has 0 rings (SSSR count). The second kappa shape index (κ2) is 17.0. The van der Waals surface area contributed by atoms with Gasteiger partial charge in [-0.1, -0.05) is 75.5 Å². The molecule has 1 atom stereocenters. The van der Waals surface area contributed by atoms with E-state index in [1.165, 1.54) is 12.8 Å². The maximum atomic E-state index is 10.3. The van der Waals surface area contributed by atoms with Crippen molar-refractivity contribution in [1.29, 1.82) is 0 Å². The van der Waals surface area contributed by atoms with Gasteiger partial charge in [-0.3, -0.25) is 4.79 Å². The molecule has 0 heterocycles. The maximum Gasteiger partial charge on any atom is 0.303 e. The van der Waals surface area contributed by atoms with Gasteiger partial charge >= 0.3 is 5.97 Å². The van der Waals surface area contributed by atoms with Crippen molar-refractivity contribution in [3.05, 3.63) is 36.5 Å². The van der Waals surface area contributed by atoms with Crippen LogP contribution in [0.1, 0.15) is 77.6 Å². The lowest BCUT2D eigenvalue weighted by Gasteiger charge is -2.02. The van der Waals surface area contributed by atoms with Gasteiger partial charge in [-0.2, -0.15) is 0 Å². The van der Waals surface area contributed by atoms with Crippen molar-refractivity contribution in [2.75, 3.05) is 0 Å². The molecule has 0 saturated heterocycles. The van der Waals surface area contributed by atoms with E-state index < -0.39 is 5.97 Å². The highest BCUT2D eigenvalue weighted by Gasteiger charge is 1.96. The molecule has 0 aromatic rings. The number of hydrogen-bond donors (Lipinski definition) is 2. The fourth-order valence-corrected chi connectivity index (χ4v) is 2.23. The highest BCUT2D eigenvalue weighted by molar-refractivity contribution is 5.66. The zero-order chi connectivity index (χ0) is 17.2. The Morgan fingerprint density at radius 1 is 0.957 bits per heavy atom. The summed E-state index contributed by atoms with van der Waals surface area (Å²) in [5, 5.41) is 18.2. The molecule has 0 aromatic carbocycles. The van der Waals surface area contributed by atoms with Crippen LogP contribution >= 0.6 is 0 Å². The fourth-order valence-electron chi connectivity index (χ4n) is 2.23. The summed E-state index contributed by atoms with van der Waals surface area (Å²) in [7, 11) is 0. The molecule has 2 N–H and O–H groups in total. The van der Waals surface area contributed by atoms with E-state index in [-0.39, 0.29) is 6.10 Å². The molecule has 0 bridgehead atoms. The average molecular weight is 322 g/mol. The van der Waals surface area contributed by atoms with Gasteiger partial charge in [0.25, 0.3) is 0 Å². The molecule has 0 aliphatic rings. The van der Waals surface area contributed by atoms with Crippen molar-refractivity contribution < 1.29 is 15.0 Å². The molecule has 0 spiro atoms. The summed E-state index contributed by atoms with van der Waals surface area (Å²) in [6.45, 7) is 2.16. The number of hydrogen-bond acceptors (Lipinski definition) is 2. The third kappa shape index (κ3) is 18.6. The Balaban J connectivity index is 3.45. The SMILES string of the molecule is CCCCCC(O)/C=C/C=C\C/C=C\CCCCCCC(=O)O. The molecule has 0 aromatic heterocycles. The lowest BCUT2D eigenvalue weighted by Crippen LogP contribution is -2.00. The standard InChI is InChI=1S/C20H34O3/c1-2-3-13-16-19(21)17-14-11-9-7-5-4-6-8-10-12-15-18-20(22)23/h4-5,9,11,14,17,19,21H,2-3,6-8,10,12-13,15-16,18H2,1H3,(H,22,23)/b5-4-,11-9-,17-14+. The zero-order valence-electron chi connectivity index (χ0n) is 14.6.